The largest absolute Gasteiger partial charge is 0.488 e. The van der Waals surface area contributed by atoms with Crippen molar-refractivity contribution in [3.63, 3.8) is 0 Å². The first-order chi connectivity index (χ1) is 7.72. The highest BCUT2D eigenvalue weighted by Gasteiger charge is 2.15. The van der Waals surface area contributed by atoms with Crippen LogP contribution in [0.3, 0.4) is 0 Å². The zero-order valence-electron chi connectivity index (χ0n) is 11.4. The molecule has 0 saturated carbocycles. The molecule has 0 amide bonds. The van der Waals surface area contributed by atoms with Gasteiger partial charge in [0.05, 0.1) is 0 Å². The van der Waals surface area contributed by atoms with Crippen LogP contribution in [0.15, 0.2) is 36.9 Å². The molecule has 0 spiro atoms. The van der Waals surface area contributed by atoms with Gasteiger partial charge in [0.2, 0.25) is 0 Å². The second kappa shape index (κ2) is 4.82. The first kappa shape index (κ1) is 13.6. The second-order valence-electron chi connectivity index (χ2n) is 5.60. The van der Waals surface area contributed by atoms with Crippen LogP contribution in [0.2, 0.25) is 0 Å². The van der Waals surface area contributed by atoms with Crippen LogP contribution >= 0.6 is 0 Å². The van der Waals surface area contributed by atoms with Crippen molar-refractivity contribution in [1.82, 2.24) is 0 Å². The molecule has 0 aliphatic rings. The molecule has 0 fully saturated rings. The zero-order chi connectivity index (χ0) is 13.1. The highest BCUT2D eigenvalue weighted by molar-refractivity contribution is 5.32. The predicted octanol–water partition coefficient (Wildman–Crippen LogP) is 4.21. The summed E-state index contributed by atoms with van der Waals surface area (Å²) in [6.07, 6.45) is 1.78. The van der Waals surface area contributed by atoms with Crippen LogP contribution in [0.5, 0.6) is 11.5 Å². The fourth-order valence-corrected chi connectivity index (χ4v) is 1.27. The van der Waals surface area contributed by atoms with Crippen molar-refractivity contribution in [2.75, 3.05) is 0 Å². The lowest BCUT2D eigenvalue weighted by Gasteiger charge is -2.24. The van der Waals surface area contributed by atoms with Crippen molar-refractivity contribution in [3.05, 3.63) is 36.9 Å². The Labute approximate surface area is 104 Å². The van der Waals surface area contributed by atoms with Crippen molar-refractivity contribution in [3.8, 4) is 11.5 Å². The molecule has 1 aromatic rings. The van der Waals surface area contributed by atoms with Crippen LogP contribution < -0.4 is 9.47 Å². The molecule has 1 rings (SSSR count). The topological polar surface area (TPSA) is 18.5 Å². The van der Waals surface area contributed by atoms with E-state index in [-0.39, 0.29) is 11.2 Å². The first-order valence-electron chi connectivity index (χ1n) is 5.83. The number of hydrogen-bond donors (Lipinski definition) is 0. The van der Waals surface area contributed by atoms with Gasteiger partial charge in [0.15, 0.2) is 0 Å². The average molecular weight is 234 g/mol. The lowest BCUT2D eigenvalue weighted by Crippen LogP contribution is -2.25. The van der Waals surface area contributed by atoms with E-state index in [0.29, 0.717) is 0 Å². The number of benzene rings is 1. The fraction of sp³-hybridized carbons (Fsp3) is 0.467. The maximum absolute atomic E-state index is 5.76. The molecule has 1 aromatic carbocycles. The Morgan fingerprint density at radius 2 is 1.29 bits per heavy atom. The summed E-state index contributed by atoms with van der Waals surface area (Å²) >= 11 is 0. The molecule has 0 aliphatic carbocycles. The minimum absolute atomic E-state index is 0.178. The SMILES string of the molecule is C=CC(C)(C)Oc1ccc(OC(C)(C)C)cc1. The standard InChI is InChI=1S/C15H22O2/c1-7-15(5,6)17-13-10-8-12(9-11-13)16-14(2,3)4/h7-11H,1H2,2-6H3. The normalized spacial score (nSPS) is 12.1. The van der Waals surface area contributed by atoms with Crippen molar-refractivity contribution in [2.45, 2.75) is 45.8 Å². The van der Waals surface area contributed by atoms with Gasteiger partial charge in [0, 0.05) is 0 Å². The van der Waals surface area contributed by atoms with Crippen LogP contribution in [0.1, 0.15) is 34.6 Å². The summed E-state index contributed by atoms with van der Waals surface area (Å²) < 4.78 is 11.5. The van der Waals surface area contributed by atoms with E-state index in [1.54, 1.807) is 6.08 Å². The summed E-state index contributed by atoms with van der Waals surface area (Å²) in [5.74, 6) is 1.66. The minimum atomic E-state index is -0.355. The van der Waals surface area contributed by atoms with Gasteiger partial charge in [0.1, 0.15) is 22.7 Å². The Bertz CT molecular complexity index is 369. The molecule has 0 saturated heterocycles. The summed E-state index contributed by atoms with van der Waals surface area (Å²) in [5.41, 5.74) is -0.533. The lowest BCUT2D eigenvalue weighted by molar-refractivity contribution is 0.130. The molecule has 0 heterocycles. The van der Waals surface area contributed by atoms with E-state index in [0.717, 1.165) is 11.5 Å². The Hall–Kier alpha value is -1.44. The number of rotatable bonds is 4. The molecule has 0 atom stereocenters. The highest BCUT2D eigenvalue weighted by atomic mass is 16.5. The number of ether oxygens (including phenoxy) is 2. The van der Waals surface area contributed by atoms with Gasteiger partial charge in [-0.15, -0.1) is 0 Å². The molecular weight excluding hydrogens is 212 g/mol. The Kier molecular flexibility index (Phi) is 3.87. The van der Waals surface area contributed by atoms with E-state index < -0.39 is 0 Å². The van der Waals surface area contributed by atoms with E-state index >= 15 is 0 Å². The smallest absolute Gasteiger partial charge is 0.121 e. The molecule has 94 valence electrons. The minimum Gasteiger partial charge on any atom is -0.488 e. The monoisotopic (exact) mass is 234 g/mol. The van der Waals surface area contributed by atoms with Gasteiger partial charge < -0.3 is 9.47 Å². The van der Waals surface area contributed by atoms with E-state index in [1.165, 1.54) is 0 Å². The highest BCUT2D eigenvalue weighted by Crippen LogP contribution is 2.24. The number of hydrogen-bond acceptors (Lipinski definition) is 2. The average Bonchev–Trinajstić information content (AvgIpc) is 2.19. The fourth-order valence-electron chi connectivity index (χ4n) is 1.27. The van der Waals surface area contributed by atoms with E-state index in [1.807, 2.05) is 58.9 Å². The Morgan fingerprint density at radius 3 is 1.65 bits per heavy atom. The van der Waals surface area contributed by atoms with Gasteiger partial charge in [0.25, 0.3) is 0 Å². The Balaban J connectivity index is 2.72. The van der Waals surface area contributed by atoms with Crippen LogP contribution in [0.25, 0.3) is 0 Å². The predicted molar refractivity (Wildman–Crippen MR) is 71.7 cm³/mol. The summed E-state index contributed by atoms with van der Waals surface area (Å²) in [6.45, 7) is 13.8. The third-order valence-electron chi connectivity index (χ3n) is 2.12. The van der Waals surface area contributed by atoms with Crippen molar-refractivity contribution in [1.29, 1.82) is 0 Å². The van der Waals surface area contributed by atoms with Gasteiger partial charge in [-0.1, -0.05) is 6.58 Å². The Morgan fingerprint density at radius 1 is 0.882 bits per heavy atom. The summed E-state index contributed by atoms with van der Waals surface area (Å²) in [7, 11) is 0. The van der Waals surface area contributed by atoms with Crippen molar-refractivity contribution < 1.29 is 9.47 Å². The summed E-state index contributed by atoms with van der Waals surface area (Å²) in [6, 6.07) is 7.65. The molecule has 2 heteroatoms. The van der Waals surface area contributed by atoms with Gasteiger partial charge in [-0.2, -0.15) is 0 Å². The molecular formula is C15H22O2. The third kappa shape index (κ3) is 4.94. The van der Waals surface area contributed by atoms with Gasteiger partial charge in [-0.25, -0.2) is 0 Å². The summed E-state index contributed by atoms with van der Waals surface area (Å²) in [5, 5.41) is 0. The van der Waals surface area contributed by atoms with Gasteiger partial charge in [-0.05, 0) is 65.0 Å². The molecule has 0 radical (unpaired) electrons. The molecule has 0 bridgehead atoms. The van der Waals surface area contributed by atoms with E-state index in [9.17, 15) is 0 Å². The van der Waals surface area contributed by atoms with Crippen LogP contribution in [0.4, 0.5) is 0 Å². The zero-order valence-corrected chi connectivity index (χ0v) is 11.4. The third-order valence-corrected chi connectivity index (χ3v) is 2.12. The maximum atomic E-state index is 5.76. The molecule has 2 nitrogen and oxygen atoms in total. The quantitative estimate of drug-likeness (QED) is 0.727. The lowest BCUT2D eigenvalue weighted by atomic mass is 10.1. The van der Waals surface area contributed by atoms with Crippen LogP contribution in [0, 0.1) is 0 Å². The molecule has 0 aliphatic heterocycles. The van der Waals surface area contributed by atoms with E-state index in [4.69, 9.17) is 9.47 Å². The van der Waals surface area contributed by atoms with Crippen LogP contribution in [-0.2, 0) is 0 Å². The first-order valence-corrected chi connectivity index (χ1v) is 5.83. The molecule has 0 aromatic heterocycles. The molecule has 0 unspecified atom stereocenters. The maximum Gasteiger partial charge on any atom is 0.121 e. The van der Waals surface area contributed by atoms with Crippen molar-refractivity contribution >= 4 is 0 Å². The van der Waals surface area contributed by atoms with Crippen LogP contribution in [-0.4, -0.2) is 11.2 Å². The van der Waals surface area contributed by atoms with E-state index in [2.05, 4.69) is 6.58 Å². The van der Waals surface area contributed by atoms with Gasteiger partial charge in [-0.3, -0.25) is 0 Å². The second-order valence-corrected chi connectivity index (χ2v) is 5.60. The molecule has 17 heavy (non-hydrogen) atoms. The van der Waals surface area contributed by atoms with Crippen molar-refractivity contribution in [2.24, 2.45) is 0 Å². The van der Waals surface area contributed by atoms with Gasteiger partial charge >= 0.3 is 0 Å². The molecule has 0 N–H and O–H groups in total. The summed E-state index contributed by atoms with van der Waals surface area (Å²) in [4.78, 5) is 0.